The van der Waals surface area contributed by atoms with Crippen molar-refractivity contribution in [2.24, 2.45) is 15.7 Å². The quantitative estimate of drug-likeness (QED) is 0.345. The van der Waals surface area contributed by atoms with Gasteiger partial charge in [-0.15, -0.1) is 0 Å². The van der Waals surface area contributed by atoms with E-state index in [-0.39, 0.29) is 18.7 Å². The van der Waals surface area contributed by atoms with Crippen molar-refractivity contribution < 1.29 is 13.0 Å². The van der Waals surface area contributed by atoms with Gasteiger partial charge in [-0.25, -0.2) is 0 Å². The van der Waals surface area contributed by atoms with E-state index in [0.29, 0.717) is 5.84 Å². The van der Waals surface area contributed by atoms with Crippen molar-refractivity contribution in [1.82, 2.24) is 0 Å². The summed E-state index contributed by atoms with van der Waals surface area (Å²) in [7, 11) is -2.25. The normalized spacial score (nSPS) is 14.2. The molecule has 0 amide bonds. The predicted molar refractivity (Wildman–Crippen MR) is 90.2 cm³/mol. The molecule has 0 spiro atoms. The summed E-state index contributed by atoms with van der Waals surface area (Å²) in [5.74, 6) is 0.00511. The highest BCUT2D eigenvalue weighted by Crippen LogP contribution is 2.05. The molecule has 7 heteroatoms. The van der Waals surface area contributed by atoms with Gasteiger partial charge in [-0.1, -0.05) is 30.3 Å². The van der Waals surface area contributed by atoms with E-state index < -0.39 is 10.1 Å². The van der Waals surface area contributed by atoms with Gasteiger partial charge in [-0.3, -0.25) is 14.5 Å². The second-order valence-corrected chi connectivity index (χ2v) is 6.28. The Morgan fingerprint density at radius 2 is 1.95 bits per heavy atom. The topological polar surface area (TPSA) is 105 Å². The first kappa shape index (κ1) is 18.1. The molecule has 6 nitrogen and oxygen atoms in total. The maximum Gasteiger partial charge on any atom is 0.264 e. The average Bonchev–Trinajstić information content (AvgIpc) is 2.48. The molecule has 0 aliphatic heterocycles. The summed E-state index contributed by atoms with van der Waals surface area (Å²) in [6.45, 7) is 2.05. The predicted octanol–water partition coefficient (Wildman–Crippen LogP) is 1.69. The molecule has 0 atom stereocenters. The molecular formula is C15H21N3O3S. The summed E-state index contributed by atoms with van der Waals surface area (Å²) in [5, 5.41) is 0. The van der Waals surface area contributed by atoms with Crippen LogP contribution in [0, 0.1) is 0 Å². The van der Waals surface area contributed by atoms with Gasteiger partial charge in [-0.2, -0.15) is 8.42 Å². The lowest BCUT2D eigenvalue weighted by Crippen LogP contribution is -2.16. The molecular weight excluding hydrogens is 302 g/mol. The fourth-order valence-electron chi connectivity index (χ4n) is 1.74. The Kier molecular flexibility index (Phi) is 6.94. The lowest BCUT2D eigenvalue weighted by atomic mass is 10.1. The zero-order valence-electron chi connectivity index (χ0n) is 12.7. The van der Waals surface area contributed by atoms with Gasteiger partial charge in [0.2, 0.25) is 0 Å². The number of hydrogen-bond donors (Lipinski definition) is 2. The second-order valence-electron chi connectivity index (χ2n) is 4.71. The highest BCUT2D eigenvalue weighted by molar-refractivity contribution is 7.85. The van der Waals surface area contributed by atoms with E-state index in [4.69, 9.17) is 10.3 Å². The van der Waals surface area contributed by atoms with Crippen molar-refractivity contribution in [2.45, 2.75) is 13.3 Å². The fourth-order valence-corrected chi connectivity index (χ4v) is 2.23. The summed E-state index contributed by atoms with van der Waals surface area (Å²) in [5.41, 5.74) is 8.37. The van der Waals surface area contributed by atoms with Gasteiger partial charge in [0.15, 0.2) is 0 Å². The molecule has 0 saturated heterocycles. The molecule has 1 aromatic carbocycles. The molecule has 0 aliphatic rings. The number of nitrogens with two attached hydrogens (primary N) is 1. The average molecular weight is 323 g/mol. The minimum Gasteiger partial charge on any atom is -0.384 e. The van der Waals surface area contributed by atoms with Crippen LogP contribution in [0.3, 0.4) is 0 Å². The van der Waals surface area contributed by atoms with E-state index in [9.17, 15) is 8.42 Å². The van der Waals surface area contributed by atoms with Crippen LogP contribution in [0.5, 0.6) is 0 Å². The van der Waals surface area contributed by atoms with Gasteiger partial charge in [0.05, 0.1) is 11.5 Å². The van der Waals surface area contributed by atoms with Crippen LogP contribution in [0.4, 0.5) is 0 Å². The lowest BCUT2D eigenvalue weighted by Gasteiger charge is -2.04. The monoisotopic (exact) mass is 323 g/mol. The van der Waals surface area contributed by atoms with Crippen molar-refractivity contribution >= 4 is 21.7 Å². The Balaban J connectivity index is 2.74. The number of amidine groups is 1. The van der Waals surface area contributed by atoms with Gasteiger partial charge in [-0.05, 0) is 30.6 Å². The Morgan fingerprint density at radius 1 is 1.32 bits per heavy atom. The summed E-state index contributed by atoms with van der Waals surface area (Å²) in [6, 6.07) is 9.68. The standard InChI is InChI=1S/C15H21N3O3S/c1-12(15(16)18-9-6-10-22(19,20)21)11-14(17-2)13-7-4-3-5-8-13/h3-5,7-8,11H,6,9-10H2,1-2H3,(H2,16,18)(H,19,20,21)/b12-11-,17-14?. The van der Waals surface area contributed by atoms with Crippen LogP contribution in [0.15, 0.2) is 52.0 Å². The van der Waals surface area contributed by atoms with Crippen LogP contribution in [0.2, 0.25) is 0 Å². The van der Waals surface area contributed by atoms with Crippen LogP contribution < -0.4 is 5.73 Å². The fraction of sp³-hybridized carbons (Fsp3) is 0.333. The molecule has 0 bridgehead atoms. The minimum absolute atomic E-state index is 0.222. The number of nitrogens with zero attached hydrogens (tertiary/aromatic N) is 2. The maximum atomic E-state index is 10.6. The van der Waals surface area contributed by atoms with Crippen LogP contribution in [-0.4, -0.2) is 43.9 Å². The van der Waals surface area contributed by atoms with Crippen molar-refractivity contribution in [3.8, 4) is 0 Å². The van der Waals surface area contributed by atoms with Gasteiger partial charge in [0, 0.05) is 13.6 Å². The molecule has 0 aliphatic carbocycles. The van der Waals surface area contributed by atoms with E-state index in [1.54, 1.807) is 7.05 Å². The van der Waals surface area contributed by atoms with E-state index in [1.165, 1.54) is 0 Å². The van der Waals surface area contributed by atoms with E-state index in [1.807, 2.05) is 43.3 Å². The minimum atomic E-state index is -3.95. The third-order valence-electron chi connectivity index (χ3n) is 2.91. The largest absolute Gasteiger partial charge is 0.384 e. The van der Waals surface area contributed by atoms with E-state index in [0.717, 1.165) is 16.8 Å². The number of benzene rings is 1. The highest BCUT2D eigenvalue weighted by Gasteiger charge is 2.04. The number of rotatable bonds is 7. The molecule has 0 saturated carbocycles. The smallest absolute Gasteiger partial charge is 0.264 e. The molecule has 120 valence electrons. The van der Waals surface area contributed by atoms with Crippen molar-refractivity contribution in [3.63, 3.8) is 0 Å². The SMILES string of the molecule is CN=C(/C=C(/C)C(N)=NCCCS(=O)(=O)O)c1ccccc1. The zero-order chi connectivity index (χ0) is 16.6. The Bertz CT molecular complexity index is 677. The molecule has 0 aromatic heterocycles. The number of allylic oxidation sites excluding steroid dienone is 1. The first-order valence-electron chi connectivity index (χ1n) is 6.79. The van der Waals surface area contributed by atoms with Gasteiger partial charge in [0.25, 0.3) is 10.1 Å². The lowest BCUT2D eigenvalue weighted by molar-refractivity contribution is 0.481. The molecule has 0 heterocycles. The van der Waals surface area contributed by atoms with Crippen molar-refractivity contribution in [1.29, 1.82) is 0 Å². The molecule has 1 aromatic rings. The summed E-state index contributed by atoms with van der Waals surface area (Å²) in [6.07, 6.45) is 2.05. The van der Waals surface area contributed by atoms with Crippen LogP contribution >= 0.6 is 0 Å². The molecule has 0 unspecified atom stereocenters. The Labute approximate surface area is 131 Å². The summed E-state index contributed by atoms with van der Waals surface area (Å²) < 4.78 is 29.8. The van der Waals surface area contributed by atoms with E-state index >= 15 is 0 Å². The van der Waals surface area contributed by atoms with Crippen molar-refractivity contribution in [2.75, 3.05) is 19.3 Å². The third-order valence-corrected chi connectivity index (χ3v) is 3.71. The molecule has 0 fully saturated rings. The van der Waals surface area contributed by atoms with Crippen LogP contribution in [0.1, 0.15) is 18.9 Å². The van der Waals surface area contributed by atoms with E-state index in [2.05, 4.69) is 9.98 Å². The first-order chi connectivity index (χ1) is 10.3. The Morgan fingerprint density at radius 3 is 2.50 bits per heavy atom. The highest BCUT2D eigenvalue weighted by atomic mass is 32.2. The Hall–Kier alpha value is -1.99. The van der Waals surface area contributed by atoms with Crippen LogP contribution in [0.25, 0.3) is 0 Å². The molecule has 0 radical (unpaired) electrons. The van der Waals surface area contributed by atoms with Crippen LogP contribution in [-0.2, 0) is 10.1 Å². The van der Waals surface area contributed by atoms with Gasteiger partial charge < -0.3 is 5.73 Å². The van der Waals surface area contributed by atoms with Crippen molar-refractivity contribution in [3.05, 3.63) is 47.5 Å². The number of hydrogen-bond acceptors (Lipinski definition) is 4. The molecule has 22 heavy (non-hydrogen) atoms. The summed E-state index contributed by atoms with van der Waals surface area (Å²) >= 11 is 0. The maximum absolute atomic E-state index is 10.6. The zero-order valence-corrected chi connectivity index (χ0v) is 13.5. The van der Waals surface area contributed by atoms with Gasteiger partial charge >= 0.3 is 0 Å². The molecule has 3 N–H and O–H groups in total. The number of aliphatic imine (C=N–C) groups is 2. The third kappa shape index (κ3) is 6.64. The molecule has 1 rings (SSSR count). The first-order valence-corrected chi connectivity index (χ1v) is 8.40. The second kappa shape index (κ2) is 8.45. The summed E-state index contributed by atoms with van der Waals surface area (Å²) in [4.78, 5) is 8.33. The van der Waals surface area contributed by atoms with Gasteiger partial charge in [0.1, 0.15) is 5.84 Å².